The monoisotopic (exact) mass is 358 g/mol. The molecule has 0 saturated heterocycles. The number of allylic oxidation sites excluding steroid dienone is 6. The minimum Gasteiger partial charge on any atom is -0.123 e. The molecule has 0 aromatic carbocycles. The smallest absolute Gasteiger partial charge is 0.0733 e. The van der Waals surface area contributed by atoms with E-state index < -0.39 is 8.80 Å². The lowest BCUT2D eigenvalue weighted by atomic mass is 10.1. The zero-order chi connectivity index (χ0) is 16.7. The van der Waals surface area contributed by atoms with Crippen LogP contribution in [0.25, 0.3) is 0 Å². The van der Waals surface area contributed by atoms with Gasteiger partial charge in [-0.25, -0.2) is 0 Å². The van der Waals surface area contributed by atoms with Crippen LogP contribution in [0.4, 0.5) is 0 Å². The fraction of sp³-hybridized carbons (Fsp3) is 0.400. The Morgan fingerprint density at radius 3 is 2.04 bits per heavy atom. The SMILES string of the molecule is CC1=CC2SC([SiH](C)C)=C(C)C2=C1.CC1=CC2SC=C(C)C2=C1. The molecule has 4 aliphatic rings. The molecule has 0 aromatic rings. The first-order valence-electron chi connectivity index (χ1n) is 8.37. The average molecular weight is 359 g/mol. The summed E-state index contributed by atoms with van der Waals surface area (Å²) >= 11 is 4.02. The fourth-order valence-corrected chi connectivity index (χ4v) is 8.42. The Hall–Kier alpha value is -0.643. The third-order valence-electron chi connectivity index (χ3n) is 4.64. The van der Waals surface area contributed by atoms with Crippen molar-refractivity contribution in [2.45, 2.75) is 51.3 Å². The lowest BCUT2D eigenvalue weighted by Crippen LogP contribution is -2.02. The van der Waals surface area contributed by atoms with E-state index in [1.807, 2.05) is 11.8 Å². The average Bonchev–Trinajstić information content (AvgIpc) is 3.17. The predicted molar refractivity (Wildman–Crippen MR) is 112 cm³/mol. The van der Waals surface area contributed by atoms with Gasteiger partial charge < -0.3 is 0 Å². The van der Waals surface area contributed by atoms with Gasteiger partial charge in [0.05, 0.1) is 19.3 Å². The maximum atomic E-state index is 2.42. The van der Waals surface area contributed by atoms with Gasteiger partial charge in [-0.1, -0.05) is 48.5 Å². The molecule has 0 amide bonds. The van der Waals surface area contributed by atoms with Crippen molar-refractivity contribution >= 4 is 32.3 Å². The van der Waals surface area contributed by atoms with Gasteiger partial charge in [-0.05, 0) is 59.9 Å². The molecule has 0 radical (unpaired) electrons. The predicted octanol–water partition coefficient (Wildman–Crippen LogP) is 6.18. The van der Waals surface area contributed by atoms with Gasteiger partial charge in [0, 0.05) is 0 Å². The van der Waals surface area contributed by atoms with E-state index in [0.717, 1.165) is 0 Å². The van der Waals surface area contributed by atoms with Crippen molar-refractivity contribution in [1.29, 1.82) is 0 Å². The van der Waals surface area contributed by atoms with E-state index in [4.69, 9.17) is 0 Å². The largest absolute Gasteiger partial charge is 0.123 e. The molecule has 0 fully saturated rings. The minimum atomic E-state index is -0.586. The molecule has 2 unspecified atom stereocenters. The Kier molecular flexibility index (Phi) is 5.00. The molecule has 4 rings (SSSR count). The van der Waals surface area contributed by atoms with Crippen LogP contribution in [0, 0.1) is 0 Å². The number of hydrogen-bond donors (Lipinski definition) is 0. The topological polar surface area (TPSA) is 0 Å². The molecule has 0 spiro atoms. The van der Waals surface area contributed by atoms with Gasteiger partial charge in [0.2, 0.25) is 0 Å². The zero-order valence-electron chi connectivity index (χ0n) is 14.9. The van der Waals surface area contributed by atoms with E-state index in [9.17, 15) is 0 Å². The molecular weight excluding hydrogens is 332 g/mol. The molecule has 0 saturated carbocycles. The zero-order valence-corrected chi connectivity index (χ0v) is 17.7. The summed E-state index contributed by atoms with van der Waals surface area (Å²) in [5.74, 6) is 0. The van der Waals surface area contributed by atoms with Crippen molar-refractivity contribution in [3.63, 3.8) is 0 Å². The molecule has 2 aliphatic heterocycles. The standard InChI is InChI=1S/C11H16SSi.C9H10S/c1-7-5-9-8(2)11(13(3)4)12-10(9)6-7;1-6-3-8-7(2)5-10-9(8)4-6/h5-6,10,13H,1-4H3;3-5,9H,1-2H3. The molecule has 3 heteroatoms. The Morgan fingerprint density at radius 2 is 1.48 bits per heavy atom. The quantitative estimate of drug-likeness (QED) is 0.513. The first kappa shape index (κ1) is 17.2. The maximum Gasteiger partial charge on any atom is 0.0733 e. The van der Waals surface area contributed by atoms with E-state index in [1.165, 1.54) is 22.3 Å². The maximum absolute atomic E-state index is 2.42. The molecule has 23 heavy (non-hydrogen) atoms. The third-order valence-corrected chi connectivity index (χ3v) is 10.3. The van der Waals surface area contributed by atoms with Crippen LogP contribution in [0.15, 0.2) is 67.7 Å². The molecule has 2 heterocycles. The van der Waals surface area contributed by atoms with E-state index in [0.29, 0.717) is 10.5 Å². The molecular formula is C20H26S2Si. The summed E-state index contributed by atoms with van der Waals surface area (Å²) in [6.45, 7) is 13.7. The van der Waals surface area contributed by atoms with E-state index in [-0.39, 0.29) is 0 Å². The molecule has 0 N–H and O–H groups in total. The summed E-state index contributed by atoms with van der Waals surface area (Å²) in [7, 11) is -0.586. The number of fused-ring (bicyclic) bond motifs is 2. The number of rotatable bonds is 1. The highest BCUT2D eigenvalue weighted by atomic mass is 32.2. The van der Waals surface area contributed by atoms with Crippen LogP contribution in [-0.2, 0) is 0 Å². The summed E-state index contributed by atoms with van der Waals surface area (Å²) in [5.41, 5.74) is 8.99. The Labute approximate surface area is 151 Å². The highest BCUT2D eigenvalue weighted by Gasteiger charge is 2.30. The number of hydrogen-bond acceptors (Lipinski definition) is 2. The van der Waals surface area contributed by atoms with Crippen LogP contribution in [0.2, 0.25) is 13.1 Å². The summed E-state index contributed by atoms with van der Waals surface area (Å²) < 4.78 is 1.72. The molecule has 2 aliphatic carbocycles. The molecule has 2 atom stereocenters. The van der Waals surface area contributed by atoms with E-state index >= 15 is 0 Å². The third kappa shape index (κ3) is 3.42. The summed E-state index contributed by atoms with van der Waals surface area (Å²) in [6.07, 6.45) is 9.37. The van der Waals surface area contributed by atoms with Crippen molar-refractivity contribution in [3.05, 3.63) is 67.7 Å². The molecule has 122 valence electrons. The van der Waals surface area contributed by atoms with Crippen LogP contribution in [0.5, 0.6) is 0 Å². The lowest BCUT2D eigenvalue weighted by molar-refractivity contribution is 1.29. The van der Waals surface area contributed by atoms with Gasteiger partial charge in [-0.2, -0.15) is 0 Å². The minimum absolute atomic E-state index is 0.586. The molecule has 0 bridgehead atoms. The van der Waals surface area contributed by atoms with Crippen LogP contribution in [0.3, 0.4) is 0 Å². The molecule has 0 aromatic heterocycles. The van der Waals surface area contributed by atoms with E-state index in [2.05, 4.69) is 82.3 Å². The van der Waals surface area contributed by atoms with E-state index in [1.54, 1.807) is 15.7 Å². The van der Waals surface area contributed by atoms with Crippen LogP contribution in [0.1, 0.15) is 27.7 Å². The van der Waals surface area contributed by atoms with Gasteiger partial charge in [0.25, 0.3) is 0 Å². The second-order valence-electron chi connectivity index (χ2n) is 7.06. The summed E-state index contributed by atoms with van der Waals surface area (Å²) in [4.78, 5) is 0. The van der Waals surface area contributed by atoms with Crippen LogP contribution < -0.4 is 0 Å². The van der Waals surface area contributed by atoms with Gasteiger partial charge in [0.1, 0.15) is 0 Å². The second kappa shape index (κ2) is 6.70. The highest BCUT2D eigenvalue weighted by Crippen LogP contribution is 2.46. The Morgan fingerprint density at radius 1 is 0.870 bits per heavy atom. The highest BCUT2D eigenvalue weighted by molar-refractivity contribution is 8.06. The van der Waals surface area contributed by atoms with Gasteiger partial charge >= 0.3 is 0 Å². The van der Waals surface area contributed by atoms with Crippen LogP contribution in [-0.4, -0.2) is 19.3 Å². The normalized spacial score (nSPS) is 27.9. The fourth-order valence-electron chi connectivity index (χ4n) is 3.46. The van der Waals surface area contributed by atoms with Crippen molar-refractivity contribution in [2.75, 3.05) is 0 Å². The van der Waals surface area contributed by atoms with Gasteiger partial charge in [-0.15, -0.1) is 23.5 Å². The van der Waals surface area contributed by atoms with Gasteiger partial charge in [-0.3, -0.25) is 0 Å². The van der Waals surface area contributed by atoms with Crippen molar-refractivity contribution in [3.8, 4) is 0 Å². The summed E-state index contributed by atoms with van der Waals surface area (Å²) in [5, 5.41) is 3.57. The Bertz CT molecular complexity index is 714. The lowest BCUT2D eigenvalue weighted by Gasteiger charge is -2.05. The first-order valence-corrected chi connectivity index (χ1v) is 13.1. The summed E-state index contributed by atoms with van der Waals surface area (Å²) in [6, 6.07) is 0. The Balaban J connectivity index is 0.000000140. The van der Waals surface area contributed by atoms with Crippen LogP contribution >= 0.6 is 23.5 Å². The van der Waals surface area contributed by atoms with Crippen molar-refractivity contribution < 1.29 is 0 Å². The van der Waals surface area contributed by atoms with Gasteiger partial charge in [0.15, 0.2) is 0 Å². The first-order chi connectivity index (χ1) is 10.9. The molecule has 0 nitrogen and oxygen atoms in total. The number of thioether (sulfide) groups is 2. The second-order valence-corrected chi connectivity index (χ2v) is 12.6. The van der Waals surface area contributed by atoms with Crippen molar-refractivity contribution in [2.24, 2.45) is 0 Å². The van der Waals surface area contributed by atoms with Crippen molar-refractivity contribution in [1.82, 2.24) is 0 Å².